The minimum Gasteiger partial charge on any atom is -0.377 e. The summed E-state index contributed by atoms with van der Waals surface area (Å²) < 4.78 is 5.95. The van der Waals surface area contributed by atoms with Crippen molar-refractivity contribution in [1.82, 2.24) is 15.2 Å². The number of hydrogen-bond acceptors (Lipinski definition) is 5. The number of nitrogens with zero attached hydrogens (tertiary/aromatic N) is 1. The van der Waals surface area contributed by atoms with Crippen LogP contribution in [0.25, 0.3) is 0 Å². The Hall–Kier alpha value is -1.25. The molecule has 6 nitrogen and oxygen atoms in total. The minimum atomic E-state index is -0.548. The van der Waals surface area contributed by atoms with Gasteiger partial charge in [-0.15, -0.1) is 11.3 Å². The summed E-state index contributed by atoms with van der Waals surface area (Å²) in [6.45, 7) is 3.03. The number of carbonyl (C=O) groups is 2. The number of aromatic nitrogens is 1. The molecule has 2 N–H and O–H groups in total. The van der Waals surface area contributed by atoms with E-state index in [4.69, 9.17) is 17.0 Å². The van der Waals surface area contributed by atoms with E-state index in [9.17, 15) is 9.59 Å². The molecule has 1 atom stereocenters. The van der Waals surface area contributed by atoms with Crippen molar-refractivity contribution >= 4 is 35.4 Å². The van der Waals surface area contributed by atoms with E-state index >= 15 is 0 Å². The monoisotopic (exact) mass is 315 g/mol. The number of rotatable bonds is 3. The Morgan fingerprint density at radius 3 is 2.95 bits per heavy atom. The Labute approximate surface area is 126 Å². The van der Waals surface area contributed by atoms with Gasteiger partial charge < -0.3 is 19.9 Å². The number of carbonyl (C=O) groups excluding carboxylic acids is 2. The number of morpholine rings is 1. The molecule has 2 heterocycles. The fourth-order valence-corrected chi connectivity index (χ4v) is 3.41. The van der Waals surface area contributed by atoms with Gasteiger partial charge in [0.2, 0.25) is 11.8 Å². The van der Waals surface area contributed by atoms with Crippen molar-refractivity contribution in [3.8, 4) is 0 Å². The number of H-pyrrole nitrogens is 1. The molecule has 0 aliphatic carbocycles. The first-order valence-corrected chi connectivity index (χ1v) is 7.52. The molecule has 0 radical (unpaired) electrons. The first-order valence-electron chi connectivity index (χ1n) is 6.30. The molecule has 1 aromatic heterocycles. The summed E-state index contributed by atoms with van der Waals surface area (Å²) >= 11 is 6.47. The number of nitrogens with one attached hydrogen (secondary N) is 2. The molecule has 1 aromatic rings. The third-order valence-electron chi connectivity index (χ3n) is 3.23. The van der Waals surface area contributed by atoms with Crippen LogP contribution in [0.5, 0.6) is 0 Å². The van der Waals surface area contributed by atoms with Gasteiger partial charge in [0, 0.05) is 24.2 Å². The predicted octanol–water partition coefficient (Wildman–Crippen LogP) is 0.630. The molecule has 2 rings (SSSR count). The normalized spacial score (nSPS) is 18.9. The minimum absolute atomic E-state index is 0.0738. The van der Waals surface area contributed by atoms with Gasteiger partial charge in [-0.3, -0.25) is 9.59 Å². The van der Waals surface area contributed by atoms with Crippen LogP contribution in [-0.2, 0) is 20.7 Å². The molecule has 0 saturated carbocycles. The fraction of sp³-hybridized carbons (Fsp3) is 0.583. The second-order valence-corrected chi connectivity index (χ2v) is 6.30. The van der Waals surface area contributed by atoms with Crippen LogP contribution >= 0.6 is 23.6 Å². The summed E-state index contributed by atoms with van der Waals surface area (Å²) in [4.78, 5) is 29.7. The highest BCUT2D eigenvalue weighted by Gasteiger charge is 2.32. The zero-order chi connectivity index (χ0) is 14.7. The summed E-state index contributed by atoms with van der Waals surface area (Å²) in [6, 6.07) is -0.548. The van der Waals surface area contributed by atoms with Crippen molar-refractivity contribution in [3.05, 3.63) is 14.5 Å². The highest BCUT2D eigenvalue weighted by molar-refractivity contribution is 7.73. The summed E-state index contributed by atoms with van der Waals surface area (Å²) in [5.74, 6) is -0.272. The molecule has 0 bridgehead atoms. The lowest BCUT2D eigenvalue weighted by Gasteiger charge is -2.34. The van der Waals surface area contributed by atoms with Gasteiger partial charge >= 0.3 is 0 Å². The molecule has 1 aliphatic rings. The number of aryl methyl sites for hydroxylation is 1. The number of aromatic amines is 1. The highest BCUT2D eigenvalue weighted by atomic mass is 32.1. The highest BCUT2D eigenvalue weighted by Crippen LogP contribution is 2.18. The number of likely N-dealkylation sites (N-methyl/N-ethyl adjacent to an activating group) is 1. The van der Waals surface area contributed by atoms with E-state index in [-0.39, 0.29) is 24.8 Å². The van der Waals surface area contributed by atoms with Crippen LogP contribution in [0.1, 0.15) is 10.6 Å². The largest absolute Gasteiger partial charge is 0.377 e. The molecule has 8 heteroatoms. The molecular formula is C12H17N3O3S2. The zero-order valence-corrected chi connectivity index (χ0v) is 13.0. The lowest BCUT2D eigenvalue weighted by molar-refractivity contribution is -0.147. The topological polar surface area (TPSA) is 74.4 Å². The molecule has 1 saturated heterocycles. The van der Waals surface area contributed by atoms with Gasteiger partial charge in [-0.1, -0.05) is 0 Å². The second kappa shape index (κ2) is 6.47. The molecule has 110 valence electrons. The number of hydrogen-bond donors (Lipinski definition) is 2. The van der Waals surface area contributed by atoms with Crippen LogP contribution in [-0.4, -0.2) is 54.5 Å². The smallest absolute Gasteiger partial charge is 0.244 e. The maximum Gasteiger partial charge on any atom is 0.244 e. The first kappa shape index (κ1) is 15.1. The van der Waals surface area contributed by atoms with E-state index in [1.54, 1.807) is 11.9 Å². The fourth-order valence-electron chi connectivity index (χ4n) is 2.13. The zero-order valence-electron chi connectivity index (χ0n) is 11.4. The molecule has 1 fully saturated rings. The van der Waals surface area contributed by atoms with Gasteiger partial charge in [0.05, 0.1) is 19.6 Å². The van der Waals surface area contributed by atoms with Gasteiger partial charge in [-0.25, -0.2) is 0 Å². The van der Waals surface area contributed by atoms with Crippen LogP contribution < -0.4 is 5.32 Å². The van der Waals surface area contributed by atoms with Crippen LogP contribution in [0, 0.1) is 10.9 Å². The molecule has 0 aromatic carbocycles. The molecule has 1 unspecified atom stereocenters. The Morgan fingerprint density at radius 1 is 1.60 bits per heavy atom. The Morgan fingerprint density at radius 2 is 2.35 bits per heavy atom. The first-order chi connectivity index (χ1) is 9.52. The predicted molar refractivity (Wildman–Crippen MR) is 78.3 cm³/mol. The Kier molecular flexibility index (Phi) is 4.90. The Balaban J connectivity index is 2.12. The van der Waals surface area contributed by atoms with Gasteiger partial charge in [-0.05, 0) is 19.1 Å². The van der Waals surface area contributed by atoms with Crippen molar-refractivity contribution in [2.45, 2.75) is 19.4 Å². The van der Waals surface area contributed by atoms with E-state index in [2.05, 4.69) is 10.3 Å². The van der Waals surface area contributed by atoms with Crippen molar-refractivity contribution < 1.29 is 14.3 Å². The number of amides is 2. The van der Waals surface area contributed by atoms with Gasteiger partial charge in [0.25, 0.3) is 0 Å². The summed E-state index contributed by atoms with van der Waals surface area (Å²) in [5.41, 5.74) is 0.915. The summed E-state index contributed by atoms with van der Waals surface area (Å²) in [5, 5.41) is 2.57. The SMILES string of the molecule is CNC(=O)C1COCCN1C(=O)Cc1sc(=S)[nH]c1C. The van der Waals surface area contributed by atoms with Crippen molar-refractivity contribution in [2.75, 3.05) is 26.8 Å². The van der Waals surface area contributed by atoms with Crippen molar-refractivity contribution in [1.29, 1.82) is 0 Å². The van der Waals surface area contributed by atoms with Crippen molar-refractivity contribution in [2.24, 2.45) is 0 Å². The second-order valence-electron chi connectivity index (χ2n) is 4.53. The molecule has 0 spiro atoms. The van der Waals surface area contributed by atoms with Gasteiger partial charge in [0.1, 0.15) is 6.04 Å². The molecular weight excluding hydrogens is 298 g/mol. The van der Waals surface area contributed by atoms with Crippen molar-refractivity contribution in [3.63, 3.8) is 0 Å². The lowest BCUT2D eigenvalue weighted by Crippen LogP contribution is -2.55. The van der Waals surface area contributed by atoms with E-state index in [1.165, 1.54) is 11.3 Å². The molecule has 1 aliphatic heterocycles. The molecule has 20 heavy (non-hydrogen) atoms. The standard InChI is InChI=1S/C12H17N3O3S2/c1-7-9(20-12(19)14-7)5-10(16)15-3-4-18-6-8(15)11(17)13-2/h8H,3-6H2,1-2H3,(H,13,17)(H,14,19). The summed E-state index contributed by atoms with van der Waals surface area (Å²) in [7, 11) is 1.56. The van der Waals surface area contributed by atoms with Crippen LogP contribution in [0.15, 0.2) is 0 Å². The van der Waals surface area contributed by atoms with Crippen LogP contribution in [0.4, 0.5) is 0 Å². The number of ether oxygens (including phenoxy) is 1. The van der Waals surface area contributed by atoms with Gasteiger partial charge in [0.15, 0.2) is 3.95 Å². The van der Waals surface area contributed by atoms with E-state index in [0.717, 1.165) is 10.6 Å². The molecule has 2 amide bonds. The lowest BCUT2D eigenvalue weighted by atomic mass is 10.1. The maximum absolute atomic E-state index is 12.4. The third-order valence-corrected chi connectivity index (χ3v) is 4.57. The average molecular weight is 315 g/mol. The average Bonchev–Trinajstić information content (AvgIpc) is 2.76. The van der Waals surface area contributed by atoms with Crippen LogP contribution in [0.2, 0.25) is 0 Å². The van der Waals surface area contributed by atoms with E-state index in [0.29, 0.717) is 17.1 Å². The van der Waals surface area contributed by atoms with E-state index in [1.807, 2.05) is 6.92 Å². The van der Waals surface area contributed by atoms with E-state index < -0.39 is 6.04 Å². The maximum atomic E-state index is 12.4. The number of thiazole rings is 1. The Bertz CT molecular complexity index is 567. The third kappa shape index (κ3) is 3.25. The summed E-state index contributed by atoms with van der Waals surface area (Å²) in [6.07, 6.45) is 0.261. The van der Waals surface area contributed by atoms with Crippen LogP contribution in [0.3, 0.4) is 0 Å². The van der Waals surface area contributed by atoms with Gasteiger partial charge in [-0.2, -0.15) is 0 Å². The quantitative estimate of drug-likeness (QED) is 0.802.